The number of H-pyrrole nitrogens is 1. The van der Waals surface area contributed by atoms with Gasteiger partial charge in [0.1, 0.15) is 9.84 Å². The van der Waals surface area contributed by atoms with Crippen molar-refractivity contribution in [1.29, 1.82) is 0 Å². The van der Waals surface area contributed by atoms with E-state index in [-0.39, 0.29) is 10.8 Å². The summed E-state index contributed by atoms with van der Waals surface area (Å²) in [6.07, 6.45) is 2.35. The fraction of sp³-hybridized carbons (Fsp3) is 0.571. The number of aromatic nitrogens is 2. The van der Waals surface area contributed by atoms with Gasteiger partial charge < -0.3 is 0 Å². The molecule has 1 aromatic heterocycles. The largest absolute Gasteiger partial charge is 0.266 e. The van der Waals surface area contributed by atoms with Gasteiger partial charge >= 0.3 is 0 Å². The third-order valence-electron chi connectivity index (χ3n) is 1.67. The second-order valence-corrected chi connectivity index (χ2v) is 7.40. The highest BCUT2D eigenvalue weighted by Gasteiger charge is 2.20. The lowest BCUT2D eigenvalue weighted by atomic mass is 10.4. The molecule has 1 aromatic rings. The van der Waals surface area contributed by atoms with E-state index in [4.69, 9.17) is 0 Å². The van der Waals surface area contributed by atoms with Gasteiger partial charge in [-0.25, -0.2) is 21.6 Å². The van der Waals surface area contributed by atoms with E-state index in [2.05, 4.69) is 14.9 Å². The molecule has 1 unspecified atom stereocenters. The van der Waals surface area contributed by atoms with Crippen molar-refractivity contribution in [3.8, 4) is 0 Å². The number of aromatic amines is 1. The summed E-state index contributed by atoms with van der Waals surface area (Å²) < 4.78 is 47.4. The van der Waals surface area contributed by atoms with Gasteiger partial charge in [0.2, 0.25) is 0 Å². The summed E-state index contributed by atoms with van der Waals surface area (Å²) in [6, 6.07) is 0.596. The standard InChI is InChI=1S/C7H13N3O4S2/c1-6(5-15(2,11)12)10-16(13,14)7-3-4-8-9-7/h3-4,6,10H,5H2,1-2H3,(H,8,9). The zero-order valence-corrected chi connectivity index (χ0v) is 10.5. The summed E-state index contributed by atoms with van der Waals surface area (Å²) in [4.78, 5) is 0. The van der Waals surface area contributed by atoms with E-state index in [0.29, 0.717) is 0 Å². The van der Waals surface area contributed by atoms with E-state index < -0.39 is 25.9 Å². The summed E-state index contributed by atoms with van der Waals surface area (Å²) in [5.74, 6) is -0.250. The zero-order chi connectivity index (χ0) is 12.4. The number of sulfone groups is 1. The summed E-state index contributed by atoms with van der Waals surface area (Å²) in [5.41, 5.74) is 0. The van der Waals surface area contributed by atoms with Gasteiger partial charge in [0.05, 0.1) is 11.9 Å². The van der Waals surface area contributed by atoms with Crippen LogP contribution in [-0.2, 0) is 19.9 Å². The number of rotatable bonds is 5. The van der Waals surface area contributed by atoms with Crippen LogP contribution >= 0.6 is 0 Å². The summed E-state index contributed by atoms with van der Waals surface area (Å²) in [7, 11) is -6.94. The molecule has 0 fully saturated rings. The maximum Gasteiger partial charge on any atom is 0.257 e. The first-order valence-electron chi connectivity index (χ1n) is 4.40. The van der Waals surface area contributed by atoms with Crippen LogP contribution in [0.2, 0.25) is 0 Å². The Kier molecular flexibility index (Phi) is 3.71. The molecule has 1 rings (SSSR count). The van der Waals surface area contributed by atoms with E-state index in [1.807, 2.05) is 0 Å². The summed E-state index contributed by atoms with van der Waals surface area (Å²) >= 11 is 0. The van der Waals surface area contributed by atoms with Gasteiger partial charge in [-0.05, 0) is 13.0 Å². The van der Waals surface area contributed by atoms with Crippen molar-refractivity contribution in [3.05, 3.63) is 12.3 Å². The molecule has 0 radical (unpaired) electrons. The lowest BCUT2D eigenvalue weighted by molar-refractivity contribution is 0.561. The molecule has 0 aliphatic rings. The number of hydrogen-bond donors (Lipinski definition) is 2. The average Bonchev–Trinajstić information content (AvgIpc) is 2.49. The topological polar surface area (TPSA) is 109 Å². The van der Waals surface area contributed by atoms with E-state index in [9.17, 15) is 16.8 Å². The van der Waals surface area contributed by atoms with Crippen LogP contribution in [0.5, 0.6) is 0 Å². The first-order chi connectivity index (χ1) is 7.21. The highest BCUT2D eigenvalue weighted by atomic mass is 32.2. The van der Waals surface area contributed by atoms with Crippen LogP contribution in [0.3, 0.4) is 0 Å². The molecule has 0 amide bonds. The number of hydrogen-bond acceptors (Lipinski definition) is 5. The van der Waals surface area contributed by atoms with Gasteiger partial charge in [0, 0.05) is 12.3 Å². The summed E-state index contributed by atoms with van der Waals surface area (Å²) in [5, 5.41) is 5.71. The average molecular weight is 267 g/mol. The fourth-order valence-electron chi connectivity index (χ4n) is 1.21. The van der Waals surface area contributed by atoms with Gasteiger partial charge in [-0.15, -0.1) is 0 Å². The molecule has 1 atom stereocenters. The minimum absolute atomic E-state index is 0.0900. The smallest absolute Gasteiger partial charge is 0.257 e. The first kappa shape index (κ1) is 13.1. The van der Waals surface area contributed by atoms with Crippen LogP contribution in [0.1, 0.15) is 6.92 Å². The predicted octanol–water partition coefficient (Wildman–Crippen LogP) is -0.879. The molecule has 0 aromatic carbocycles. The molecule has 1 heterocycles. The molecule has 2 N–H and O–H groups in total. The molecule has 0 saturated carbocycles. The molecule has 0 bridgehead atoms. The highest BCUT2D eigenvalue weighted by molar-refractivity contribution is 7.91. The quantitative estimate of drug-likeness (QED) is 0.720. The second-order valence-electron chi connectivity index (χ2n) is 3.54. The normalized spacial score (nSPS) is 14.9. The Morgan fingerprint density at radius 2 is 2.06 bits per heavy atom. The molecule has 9 heteroatoms. The Morgan fingerprint density at radius 1 is 1.44 bits per heavy atom. The third kappa shape index (κ3) is 3.91. The Bertz CT molecular complexity index is 532. The Balaban J connectivity index is 2.75. The lowest BCUT2D eigenvalue weighted by Gasteiger charge is -2.11. The molecule has 0 saturated heterocycles. The van der Waals surface area contributed by atoms with Crippen molar-refractivity contribution in [2.75, 3.05) is 12.0 Å². The Hall–Kier alpha value is -0.930. The van der Waals surface area contributed by atoms with Crippen LogP contribution in [-0.4, -0.2) is 45.1 Å². The number of sulfonamides is 1. The highest BCUT2D eigenvalue weighted by Crippen LogP contribution is 2.04. The van der Waals surface area contributed by atoms with Crippen molar-refractivity contribution >= 4 is 19.9 Å². The van der Waals surface area contributed by atoms with Gasteiger partial charge in [0.25, 0.3) is 10.0 Å². The first-order valence-corrected chi connectivity index (χ1v) is 7.94. The second kappa shape index (κ2) is 4.52. The van der Waals surface area contributed by atoms with Crippen molar-refractivity contribution in [2.45, 2.75) is 18.0 Å². The van der Waals surface area contributed by atoms with Crippen molar-refractivity contribution < 1.29 is 16.8 Å². The molecular formula is C7H13N3O4S2. The molecule has 92 valence electrons. The van der Waals surface area contributed by atoms with E-state index in [0.717, 1.165) is 6.26 Å². The van der Waals surface area contributed by atoms with Crippen molar-refractivity contribution in [1.82, 2.24) is 14.9 Å². The van der Waals surface area contributed by atoms with E-state index in [1.54, 1.807) is 0 Å². The van der Waals surface area contributed by atoms with Crippen molar-refractivity contribution in [3.63, 3.8) is 0 Å². The molecule has 16 heavy (non-hydrogen) atoms. The third-order valence-corrected chi connectivity index (χ3v) is 4.30. The van der Waals surface area contributed by atoms with Crippen LogP contribution in [0, 0.1) is 0 Å². The minimum atomic E-state index is -3.72. The van der Waals surface area contributed by atoms with E-state index in [1.165, 1.54) is 19.2 Å². The predicted molar refractivity (Wildman–Crippen MR) is 58.1 cm³/mol. The minimum Gasteiger partial charge on any atom is -0.266 e. The molecule has 7 nitrogen and oxygen atoms in total. The van der Waals surface area contributed by atoms with Gasteiger partial charge in [-0.3, -0.25) is 5.10 Å². The zero-order valence-electron chi connectivity index (χ0n) is 8.84. The molecule has 0 aliphatic heterocycles. The lowest BCUT2D eigenvalue weighted by Crippen LogP contribution is -2.37. The van der Waals surface area contributed by atoms with Crippen LogP contribution in [0.25, 0.3) is 0 Å². The number of nitrogens with one attached hydrogen (secondary N) is 2. The molecule has 0 aliphatic carbocycles. The van der Waals surface area contributed by atoms with Crippen LogP contribution in [0.4, 0.5) is 0 Å². The number of nitrogens with zero attached hydrogens (tertiary/aromatic N) is 1. The van der Waals surface area contributed by atoms with E-state index >= 15 is 0 Å². The Labute approximate surface area is 94.2 Å². The Morgan fingerprint density at radius 3 is 2.50 bits per heavy atom. The van der Waals surface area contributed by atoms with Gasteiger partial charge in [-0.2, -0.15) is 5.10 Å². The van der Waals surface area contributed by atoms with Gasteiger partial charge in [-0.1, -0.05) is 0 Å². The molecule has 0 spiro atoms. The van der Waals surface area contributed by atoms with Gasteiger partial charge in [0.15, 0.2) is 5.03 Å². The monoisotopic (exact) mass is 267 g/mol. The maximum absolute atomic E-state index is 11.6. The molecular weight excluding hydrogens is 254 g/mol. The summed E-state index contributed by atoms with van der Waals surface area (Å²) in [6.45, 7) is 1.48. The van der Waals surface area contributed by atoms with Crippen LogP contribution < -0.4 is 4.72 Å². The maximum atomic E-state index is 11.6. The van der Waals surface area contributed by atoms with Crippen molar-refractivity contribution in [2.24, 2.45) is 0 Å². The SMILES string of the molecule is CC(CS(C)(=O)=O)NS(=O)(=O)c1ccn[nH]1. The fourth-order valence-corrected chi connectivity index (χ4v) is 3.46. The van der Waals surface area contributed by atoms with Crippen LogP contribution in [0.15, 0.2) is 17.3 Å².